The summed E-state index contributed by atoms with van der Waals surface area (Å²) in [5.41, 5.74) is 5.69. The van der Waals surface area contributed by atoms with Crippen LogP contribution in [0, 0.1) is 0 Å². The molecule has 5 rings (SSSR count). The first-order valence-electron chi connectivity index (χ1n) is 15.4. The van der Waals surface area contributed by atoms with Crippen molar-refractivity contribution in [1.29, 1.82) is 0 Å². The van der Waals surface area contributed by atoms with Crippen LogP contribution in [0.4, 0.5) is 5.82 Å². The van der Waals surface area contributed by atoms with Gasteiger partial charge >= 0.3 is 0 Å². The summed E-state index contributed by atoms with van der Waals surface area (Å²) in [5, 5.41) is 2.94. The molecular formula is C37H40N2O4. The molecule has 1 N–H and O–H groups in total. The van der Waals surface area contributed by atoms with Gasteiger partial charge in [0.25, 0.3) is 0 Å². The number of ketones is 1. The first-order valence-corrected chi connectivity index (χ1v) is 15.4. The minimum atomic E-state index is -0.263. The fraction of sp³-hybridized carbons (Fsp3) is 0.324. The fourth-order valence-corrected chi connectivity index (χ4v) is 5.70. The molecule has 6 nitrogen and oxygen atoms in total. The number of carbonyl (C=O) groups is 2. The van der Waals surface area contributed by atoms with Crippen LogP contribution in [0.1, 0.15) is 80.6 Å². The Labute approximate surface area is 254 Å². The summed E-state index contributed by atoms with van der Waals surface area (Å²) in [7, 11) is 0. The number of anilines is 1. The van der Waals surface area contributed by atoms with Gasteiger partial charge in [-0.05, 0) is 79.6 Å². The summed E-state index contributed by atoms with van der Waals surface area (Å²) < 4.78 is 11.3. The summed E-state index contributed by atoms with van der Waals surface area (Å²) in [6.07, 6.45) is 6.58. The van der Waals surface area contributed by atoms with Gasteiger partial charge in [0.1, 0.15) is 5.82 Å². The van der Waals surface area contributed by atoms with Crippen molar-refractivity contribution in [1.82, 2.24) is 4.98 Å². The number of Topliss-reactive ketones (excluding diaryl/α,β-unsaturated/α-hetero) is 1. The molecule has 4 aromatic rings. The van der Waals surface area contributed by atoms with E-state index in [1.807, 2.05) is 50.2 Å². The van der Waals surface area contributed by atoms with Gasteiger partial charge in [-0.15, -0.1) is 0 Å². The average Bonchev–Trinajstić information content (AvgIpc) is 3.05. The van der Waals surface area contributed by atoms with Crippen LogP contribution in [-0.2, 0) is 4.79 Å². The van der Waals surface area contributed by atoms with Crippen LogP contribution in [0.25, 0.3) is 22.4 Å². The number of rotatable bonds is 12. The highest BCUT2D eigenvalue weighted by molar-refractivity contribution is 6.00. The van der Waals surface area contributed by atoms with E-state index in [0.717, 1.165) is 22.4 Å². The quantitative estimate of drug-likeness (QED) is 0.170. The average molecular weight is 577 g/mol. The number of nitrogens with zero attached hydrogens (tertiary/aromatic N) is 1. The second kappa shape index (κ2) is 14.6. The molecule has 0 radical (unpaired) electrons. The molecule has 0 saturated heterocycles. The summed E-state index contributed by atoms with van der Waals surface area (Å²) in [4.78, 5) is 30.7. The zero-order chi connectivity index (χ0) is 30.0. The standard InChI is InChI=1S/C37H40N2O4/c1-3-42-34-21-19-30(24-35(34)43-4-2)33(40)20-22-37(41)39-36-25-31(23-32(38-36)29-13-9-6-10-14-29)28-17-15-27(16-18-28)26-11-7-5-8-12-26/h6,9-10,13-19,21,23-26H,3-5,7-8,11-12,20,22H2,1-2H3,(H,38,39,41). The molecule has 1 fully saturated rings. The van der Waals surface area contributed by atoms with Crippen molar-refractivity contribution in [2.24, 2.45) is 0 Å². The number of nitrogens with one attached hydrogen (secondary N) is 1. The van der Waals surface area contributed by atoms with E-state index in [1.165, 1.54) is 37.7 Å². The van der Waals surface area contributed by atoms with Gasteiger partial charge in [-0.1, -0.05) is 73.9 Å². The van der Waals surface area contributed by atoms with Gasteiger partial charge in [0.05, 0.1) is 18.9 Å². The van der Waals surface area contributed by atoms with Crippen molar-refractivity contribution in [3.8, 4) is 33.9 Å². The smallest absolute Gasteiger partial charge is 0.225 e. The van der Waals surface area contributed by atoms with Crippen LogP contribution in [0.2, 0.25) is 0 Å². The zero-order valence-electron chi connectivity index (χ0n) is 25.1. The molecule has 1 aromatic heterocycles. The van der Waals surface area contributed by atoms with Gasteiger partial charge in [-0.25, -0.2) is 4.98 Å². The second-order valence-electron chi connectivity index (χ2n) is 10.9. The molecule has 0 unspecified atom stereocenters. The van der Waals surface area contributed by atoms with Crippen LogP contribution in [-0.4, -0.2) is 29.9 Å². The summed E-state index contributed by atoms with van der Waals surface area (Å²) in [6.45, 7) is 4.74. The Morgan fingerprint density at radius 1 is 0.744 bits per heavy atom. The number of carbonyl (C=O) groups excluding carboxylic acids is 2. The molecule has 1 amide bonds. The van der Waals surface area contributed by atoms with E-state index in [4.69, 9.17) is 14.5 Å². The van der Waals surface area contributed by atoms with E-state index in [2.05, 4.69) is 35.6 Å². The molecule has 1 aliphatic carbocycles. The molecule has 1 heterocycles. The van der Waals surface area contributed by atoms with E-state index in [0.29, 0.717) is 42.0 Å². The molecule has 43 heavy (non-hydrogen) atoms. The minimum Gasteiger partial charge on any atom is -0.490 e. The third-order valence-corrected chi connectivity index (χ3v) is 7.93. The monoisotopic (exact) mass is 576 g/mol. The summed E-state index contributed by atoms with van der Waals surface area (Å²) in [6, 6.07) is 27.9. The molecular weight excluding hydrogens is 536 g/mol. The van der Waals surface area contributed by atoms with Crippen molar-refractivity contribution in [2.75, 3.05) is 18.5 Å². The summed E-state index contributed by atoms with van der Waals surface area (Å²) in [5.74, 6) is 1.84. The van der Waals surface area contributed by atoms with E-state index in [1.54, 1.807) is 18.2 Å². The van der Waals surface area contributed by atoms with Gasteiger partial charge < -0.3 is 14.8 Å². The Kier molecular flexibility index (Phi) is 10.2. The number of pyridine rings is 1. The predicted molar refractivity (Wildman–Crippen MR) is 172 cm³/mol. The molecule has 3 aromatic carbocycles. The maximum absolute atomic E-state index is 13.0. The van der Waals surface area contributed by atoms with Crippen molar-refractivity contribution >= 4 is 17.5 Å². The second-order valence-corrected chi connectivity index (χ2v) is 10.9. The molecule has 0 atom stereocenters. The van der Waals surface area contributed by atoms with E-state index in [9.17, 15) is 9.59 Å². The Hall–Kier alpha value is -4.45. The van der Waals surface area contributed by atoms with Gasteiger partial charge in [-0.2, -0.15) is 0 Å². The van der Waals surface area contributed by atoms with Crippen molar-refractivity contribution in [3.63, 3.8) is 0 Å². The van der Waals surface area contributed by atoms with Crippen molar-refractivity contribution < 1.29 is 19.1 Å². The SMILES string of the molecule is CCOc1ccc(C(=O)CCC(=O)Nc2cc(-c3ccc(C4CCCCC4)cc3)cc(-c3ccccc3)n2)cc1OCC. The van der Waals surface area contributed by atoms with Crippen LogP contribution in [0.3, 0.4) is 0 Å². The van der Waals surface area contributed by atoms with Gasteiger partial charge in [0, 0.05) is 24.0 Å². The molecule has 1 saturated carbocycles. The largest absolute Gasteiger partial charge is 0.490 e. The normalized spacial score (nSPS) is 13.3. The van der Waals surface area contributed by atoms with Crippen LogP contribution >= 0.6 is 0 Å². The Balaban J connectivity index is 1.31. The van der Waals surface area contributed by atoms with E-state index in [-0.39, 0.29) is 24.5 Å². The topological polar surface area (TPSA) is 77.5 Å². The molecule has 222 valence electrons. The van der Waals surface area contributed by atoms with Crippen molar-refractivity contribution in [2.45, 2.75) is 64.7 Å². The lowest BCUT2D eigenvalue weighted by Crippen LogP contribution is -2.15. The molecule has 1 aliphatic rings. The summed E-state index contributed by atoms with van der Waals surface area (Å²) >= 11 is 0. The maximum atomic E-state index is 13.0. The predicted octanol–water partition coefficient (Wildman–Crippen LogP) is 8.86. The van der Waals surface area contributed by atoms with Crippen LogP contribution < -0.4 is 14.8 Å². The lowest BCUT2D eigenvalue weighted by molar-refractivity contribution is -0.116. The van der Waals surface area contributed by atoms with Gasteiger partial charge in [-0.3, -0.25) is 9.59 Å². The van der Waals surface area contributed by atoms with Gasteiger partial charge in [0.15, 0.2) is 17.3 Å². The number of aromatic nitrogens is 1. The first-order chi connectivity index (χ1) is 21.0. The minimum absolute atomic E-state index is 0.0404. The fourth-order valence-electron chi connectivity index (χ4n) is 5.70. The number of hydrogen-bond donors (Lipinski definition) is 1. The maximum Gasteiger partial charge on any atom is 0.225 e. The van der Waals surface area contributed by atoms with E-state index < -0.39 is 0 Å². The van der Waals surface area contributed by atoms with Crippen LogP contribution in [0.15, 0.2) is 84.9 Å². The molecule has 0 spiro atoms. The number of amides is 1. The van der Waals surface area contributed by atoms with Crippen LogP contribution in [0.5, 0.6) is 11.5 Å². The Morgan fingerprint density at radius 2 is 1.47 bits per heavy atom. The lowest BCUT2D eigenvalue weighted by Gasteiger charge is -2.22. The third-order valence-electron chi connectivity index (χ3n) is 7.93. The Morgan fingerprint density at radius 3 is 2.19 bits per heavy atom. The van der Waals surface area contributed by atoms with E-state index >= 15 is 0 Å². The van der Waals surface area contributed by atoms with Gasteiger partial charge in [0.2, 0.25) is 5.91 Å². The number of benzene rings is 3. The highest BCUT2D eigenvalue weighted by Gasteiger charge is 2.17. The Bertz CT molecular complexity index is 1530. The lowest BCUT2D eigenvalue weighted by atomic mass is 9.84. The number of hydrogen-bond acceptors (Lipinski definition) is 5. The number of ether oxygens (including phenoxy) is 2. The molecule has 0 bridgehead atoms. The first kappa shape index (κ1) is 30.0. The zero-order valence-corrected chi connectivity index (χ0v) is 25.1. The molecule has 6 heteroatoms. The third kappa shape index (κ3) is 7.89. The van der Waals surface area contributed by atoms with Crippen molar-refractivity contribution in [3.05, 3.63) is 96.1 Å². The highest BCUT2D eigenvalue weighted by Crippen LogP contribution is 2.35. The molecule has 0 aliphatic heterocycles. The highest BCUT2D eigenvalue weighted by atomic mass is 16.5.